The normalized spacial score (nSPS) is 11.3. The van der Waals surface area contributed by atoms with Gasteiger partial charge in [0, 0.05) is 31.9 Å². The van der Waals surface area contributed by atoms with E-state index in [-0.39, 0.29) is 21.4 Å². The molecule has 0 saturated carbocycles. The zero-order chi connectivity index (χ0) is 17.7. The number of nitrogens with one attached hydrogen (secondary N) is 1. The maximum atomic E-state index is 12.6. The minimum Gasteiger partial charge on any atom is -0.341 e. The zero-order valence-electron chi connectivity index (χ0n) is 13.4. The molecule has 0 saturated heterocycles. The monoisotopic (exact) mass is 367 g/mol. The van der Waals surface area contributed by atoms with Crippen LogP contribution in [0.1, 0.15) is 16.1 Å². The van der Waals surface area contributed by atoms with Crippen molar-refractivity contribution >= 4 is 27.5 Å². The second-order valence-electron chi connectivity index (χ2n) is 5.15. The maximum absolute atomic E-state index is 12.6. The molecule has 1 amide bonds. The molecule has 8 heteroatoms. The van der Waals surface area contributed by atoms with E-state index in [2.05, 4.69) is 9.71 Å². The Hall–Kier alpha value is -1.96. The van der Waals surface area contributed by atoms with Crippen molar-refractivity contribution in [1.82, 2.24) is 14.6 Å². The highest BCUT2D eigenvalue weighted by Crippen LogP contribution is 2.21. The van der Waals surface area contributed by atoms with Crippen molar-refractivity contribution in [2.24, 2.45) is 0 Å². The summed E-state index contributed by atoms with van der Waals surface area (Å²) in [4.78, 5) is 18.3. The van der Waals surface area contributed by atoms with E-state index in [1.165, 1.54) is 30.1 Å². The third-order valence-electron chi connectivity index (χ3n) is 3.52. The van der Waals surface area contributed by atoms with Gasteiger partial charge in [-0.25, -0.2) is 13.1 Å². The van der Waals surface area contributed by atoms with Gasteiger partial charge in [0.25, 0.3) is 5.91 Å². The van der Waals surface area contributed by atoms with Crippen LogP contribution in [0, 0.1) is 0 Å². The molecule has 1 N–H and O–H groups in total. The SMILES string of the molecule is CNS(=O)(=O)c1ccc(Cl)c(C(=O)N(C)CCc2ccccn2)c1. The van der Waals surface area contributed by atoms with E-state index in [1.54, 1.807) is 13.2 Å². The summed E-state index contributed by atoms with van der Waals surface area (Å²) in [6, 6.07) is 9.64. The topological polar surface area (TPSA) is 79.4 Å². The van der Waals surface area contributed by atoms with Crippen LogP contribution in [0.5, 0.6) is 0 Å². The van der Waals surface area contributed by atoms with Crippen molar-refractivity contribution in [3.05, 3.63) is 58.9 Å². The number of rotatable bonds is 6. The molecule has 6 nitrogen and oxygen atoms in total. The van der Waals surface area contributed by atoms with Crippen LogP contribution in [0.2, 0.25) is 5.02 Å². The minimum atomic E-state index is -3.64. The first-order chi connectivity index (χ1) is 11.3. The Balaban J connectivity index is 2.18. The summed E-state index contributed by atoms with van der Waals surface area (Å²) in [5, 5.41) is 0.208. The number of likely N-dealkylation sites (N-methyl/N-ethyl adjacent to an activating group) is 1. The Kier molecular flexibility index (Phi) is 5.93. The molecule has 0 fully saturated rings. The molecule has 128 valence electrons. The van der Waals surface area contributed by atoms with Crippen molar-refractivity contribution in [3.8, 4) is 0 Å². The van der Waals surface area contributed by atoms with Crippen LogP contribution in [0.15, 0.2) is 47.5 Å². The number of halogens is 1. The Morgan fingerprint density at radius 1 is 1.29 bits per heavy atom. The molecule has 0 spiro atoms. The van der Waals surface area contributed by atoms with Gasteiger partial charge in [-0.3, -0.25) is 9.78 Å². The summed E-state index contributed by atoms with van der Waals surface area (Å²) in [5.41, 5.74) is 1.02. The molecule has 0 unspecified atom stereocenters. The van der Waals surface area contributed by atoms with E-state index in [0.717, 1.165) is 5.69 Å². The number of sulfonamides is 1. The summed E-state index contributed by atoms with van der Waals surface area (Å²) < 4.78 is 26.0. The molecule has 0 aliphatic rings. The van der Waals surface area contributed by atoms with Crippen molar-refractivity contribution in [1.29, 1.82) is 0 Å². The Morgan fingerprint density at radius 2 is 2.04 bits per heavy atom. The second kappa shape index (κ2) is 7.74. The summed E-state index contributed by atoms with van der Waals surface area (Å²) >= 11 is 6.07. The molecule has 2 aromatic rings. The van der Waals surface area contributed by atoms with Crippen LogP contribution >= 0.6 is 11.6 Å². The predicted molar refractivity (Wildman–Crippen MR) is 92.6 cm³/mol. The van der Waals surface area contributed by atoms with Gasteiger partial charge in [-0.1, -0.05) is 17.7 Å². The molecule has 0 aliphatic heterocycles. The first-order valence-electron chi connectivity index (χ1n) is 7.23. The molecule has 0 radical (unpaired) electrons. The largest absolute Gasteiger partial charge is 0.341 e. The van der Waals surface area contributed by atoms with Gasteiger partial charge in [-0.05, 0) is 37.4 Å². The average molecular weight is 368 g/mol. The molecule has 1 aromatic carbocycles. The molecule has 1 aromatic heterocycles. The number of carbonyl (C=O) groups excluding carboxylic acids is 1. The number of pyridine rings is 1. The van der Waals surface area contributed by atoms with Crippen LogP contribution in [0.4, 0.5) is 0 Å². The van der Waals surface area contributed by atoms with Crippen LogP contribution in [0.3, 0.4) is 0 Å². The van der Waals surface area contributed by atoms with Gasteiger partial charge >= 0.3 is 0 Å². The minimum absolute atomic E-state index is 0.00382. The van der Waals surface area contributed by atoms with E-state index in [9.17, 15) is 13.2 Å². The van der Waals surface area contributed by atoms with Gasteiger partial charge in [0.15, 0.2) is 0 Å². The fourth-order valence-corrected chi connectivity index (χ4v) is 3.04. The zero-order valence-corrected chi connectivity index (χ0v) is 14.9. The van der Waals surface area contributed by atoms with Crippen LogP contribution < -0.4 is 4.72 Å². The fourth-order valence-electron chi connectivity index (χ4n) is 2.09. The van der Waals surface area contributed by atoms with Gasteiger partial charge in [-0.2, -0.15) is 0 Å². The first-order valence-corrected chi connectivity index (χ1v) is 9.09. The quantitative estimate of drug-likeness (QED) is 0.846. The van der Waals surface area contributed by atoms with Gasteiger partial charge in [0.1, 0.15) is 0 Å². The van der Waals surface area contributed by atoms with E-state index in [1.807, 2.05) is 18.2 Å². The summed E-state index contributed by atoms with van der Waals surface area (Å²) in [6.45, 7) is 0.440. The van der Waals surface area contributed by atoms with Gasteiger partial charge < -0.3 is 4.90 Å². The maximum Gasteiger partial charge on any atom is 0.255 e. The highest BCUT2D eigenvalue weighted by molar-refractivity contribution is 7.89. The summed E-state index contributed by atoms with van der Waals surface area (Å²) in [5.74, 6) is -0.343. The third kappa shape index (κ3) is 4.31. The van der Waals surface area contributed by atoms with Crippen LogP contribution in [-0.4, -0.2) is 44.8 Å². The average Bonchev–Trinajstić information content (AvgIpc) is 2.60. The Morgan fingerprint density at radius 3 is 2.67 bits per heavy atom. The molecule has 24 heavy (non-hydrogen) atoms. The number of carbonyl (C=O) groups is 1. The van der Waals surface area contributed by atoms with Crippen molar-refractivity contribution < 1.29 is 13.2 Å². The number of hydrogen-bond donors (Lipinski definition) is 1. The molecule has 1 heterocycles. The number of amides is 1. The van der Waals surface area contributed by atoms with Gasteiger partial charge in [-0.15, -0.1) is 0 Å². The van der Waals surface area contributed by atoms with Gasteiger partial charge in [0.05, 0.1) is 15.5 Å². The van der Waals surface area contributed by atoms with E-state index in [0.29, 0.717) is 13.0 Å². The Bertz CT molecular complexity index is 826. The van der Waals surface area contributed by atoms with Crippen LogP contribution in [-0.2, 0) is 16.4 Å². The molecular weight excluding hydrogens is 350 g/mol. The first kappa shape index (κ1) is 18.4. The summed E-state index contributed by atoms with van der Waals surface area (Å²) in [6.07, 6.45) is 2.29. The highest BCUT2D eigenvalue weighted by atomic mass is 35.5. The standard InChI is InChI=1S/C16H18ClN3O3S/c1-18-24(22,23)13-6-7-15(17)14(11-13)16(21)20(2)10-8-12-5-3-4-9-19-12/h3-7,9,11,18H,8,10H2,1-2H3. The lowest BCUT2D eigenvalue weighted by atomic mass is 10.2. The lowest BCUT2D eigenvalue weighted by molar-refractivity contribution is 0.0796. The smallest absolute Gasteiger partial charge is 0.255 e. The molecule has 0 aliphatic carbocycles. The van der Waals surface area contributed by atoms with Gasteiger partial charge in [0.2, 0.25) is 10.0 Å². The number of nitrogens with zero attached hydrogens (tertiary/aromatic N) is 2. The second-order valence-corrected chi connectivity index (χ2v) is 7.44. The predicted octanol–water partition coefficient (Wildman–Crippen LogP) is 1.96. The molecule has 0 bridgehead atoms. The van der Waals surface area contributed by atoms with E-state index < -0.39 is 10.0 Å². The van der Waals surface area contributed by atoms with E-state index in [4.69, 9.17) is 11.6 Å². The molecule has 0 atom stereocenters. The van der Waals surface area contributed by atoms with Crippen molar-refractivity contribution in [2.75, 3.05) is 20.6 Å². The fraction of sp³-hybridized carbons (Fsp3) is 0.250. The lowest BCUT2D eigenvalue weighted by Crippen LogP contribution is -2.29. The lowest BCUT2D eigenvalue weighted by Gasteiger charge is -2.18. The number of benzene rings is 1. The Labute approximate surface area is 146 Å². The number of aromatic nitrogens is 1. The van der Waals surface area contributed by atoms with E-state index >= 15 is 0 Å². The highest BCUT2D eigenvalue weighted by Gasteiger charge is 2.19. The summed E-state index contributed by atoms with van der Waals surface area (Å²) in [7, 11) is -0.692. The molecular formula is C16H18ClN3O3S. The molecule has 2 rings (SSSR count). The number of hydrogen-bond acceptors (Lipinski definition) is 4. The van der Waals surface area contributed by atoms with Crippen molar-refractivity contribution in [2.45, 2.75) is 11.3 Å². The van der Waals surface area contributed by atoms with Crippen molar-refractivity contribution in [3.63, 3.8) is 0 Å². The third-order valence-corrected chi connectivity index (χ3v) is 5.27. The van der Waals surface area contributed by atoms with Crippen LogP contribution in [0.25, 0.3) is 0 Å².